The first-order chi connectivity index (χ1) is 8.17. The Morgan fingerprint density at radius 3 is 2.41 bits per heavy atom. The Kier molecular flexibility index (Phi) is 6.01. The summed E-state index contributed by atoms with van der Waals surface area (Å²) in [5.74, 6) is 0. The van der Waals surface area contributed by atoms with Gasteiger partial charge >= 0.3 is 0 Å². The fraction of sp³-hybridized carbons (Fsp3) is 0.571. The molecule has 0 amide bonds. The molecule has 1 atom stereocenters. The van der Waals surface area contributed by atoms with Crippen molar-refractivity contribution in [1.29, 1.82) is 0 Å². The smallest absolute Gasteiger partial charge is 0.0917 e. The van der Waals surface area contributed by atoms with E-state index in [1.165, 1.54) is 0 Å². The molecule has 1 aromatic rings. The molecule has 96 valence electrons. The Labute approximate surface area is 104 Å². The van der Waals surface area contributed by atoms with Crippen molar-refractivity contribution >= 4 is 5.69 Å². The fourth-order valence-electron chi connectivity index (χ4n) is 2.04. The van der Waals surface area contributed by atoms with Crippen LogP contribution in [-0.4, -0.2) is 29.6 Å². The van der Waals surface area contributed by atoms with Gasteiger partial charge in [0.1, 0.15) is 0 Å². The maximum absolute atomic E-state index is 10.2. The highest BCUT2D eigenvalue weighted by atomic mass is 16.3. The molecule has 0 aliphatic rings. The highest BCUT2D eigenvalue weighted by Gasteiger charge is 2.12. The van der Waals surface area contributed by atoms with Gasteiger partial charge in [-0.05, 0) is 43.6 Å². The normalized spacial score (nSPS) is 12.9. The van der Waals surface area contributed by atoms with Gasteiger partial charge in [0.2, 0.25) is 0 Å². The maximum atomic E-state index is 10.2. The van der Waals surface area contributed by atoms with E-state index in [4.69, 9.17) is 5.73 Å². The highest BCUT2D eigenvalue weighted by Crippen LogP contribution is 2.17. The lowest BCUT2D eigenvalue weighted by Gasteiger charge is -2.24. The van der Waals surface area contributed by atoms with Crippen LogP contribution in [0.1, 0.15) is 38.4 Å². The van der Waals surface area contributed by atoms with E-state index in [2.05, 4.69) is 18.7 Å². The van der Waals surface area contributed by atoms with Crippen LogP contribution >= 0.6 is 0 Å². The minimum atomic E-state index is -0.448. The second-order valence-corrected chi connectivity index (χ2v) is 4.49. The lowest BCUT2D eigenvalue weighted by atomic mass is 10.1. The Bertz CT molecular complexity index is 322. The zero-order chi connectivity index (χ0) is 12.7. The minimum Gasteiger partial charge on any atom is -0.399 e. The van der Waals surface area contributed by atoms with Gasteiger partial charge < -0.3 is 15.7 Å². The van der Waals surface area contributed by atoms with E-state index in [9.17, 15) is 5.11 Å². The molecule has 0 fully saturated rings. The third-order valence-corrected chi connectivity index (χ3v) is 2.81. The van der Waals surface area contributed by atoms with Gasteiger partial charge in [-0.2, -0.15) is 0 Å². The summed E-state index contributed by atoms with van der Waals surface area (Å²) in [7, 11) is 0. The van der Waals surface area contributed by atoms with Gasteiger partial charge in [0, 0.05) is 12.2 Å². The van der Waals surface area contributed by atoms with E-state index in [1.807, 2.05) is 24.3 Å². The van der Waals surface area contributed by atoms with Crippen molar-refractivity contribution in [2.45, 2.75) is 32.8 Å². The summed E-state index contributed by atoms with van der Waals surface area (Å²) in [4.78, 5) is 2.30. The van der Waals surface area contributed by atoms with Crippen molar-refractivity contribution in [3.63, 3.8) is 0 Å². The van der Waals surface area contributed by atoms with E-state index in [0.717, 1.165) is 31.5 Å². The second-order valence-electron chi connectivity index (χ2n) is 4.49. The predicted octanol–water partition coefficient (Wildman–Crippen LogP) is 2.42. The van der Waals surface area contributed by atoms with E-state index in [1.54, 1.807) is 0 Å². The first-order valence-corrected chi connectivity index (χ1v) is 6.43. The zero-order valence-corrected chi connectivity index (χ0v) is 10.9. The minimum absolute atomic E-state index is 0.448. The summed E-state index contributed by atoms with van der Waals surface area (Å²) < 4.78 is 0. The number of benzene rings is 1. The van der Waals surface area contributed by atoms with Gasteiger partial charge in [0.25, 0.3) is 0 Å². The lowest BCUT2D eigenvalue weighted by molar-refractivity contribution is 0.113. The SMILES string of the molecule is CCCN(CCC)CC(O)c1cccc(N)c1. The molecule has 0 saturated carbocycles. The van der Waals surface area contributed by atoms with Crippen LogP contribution in [0.25, 0.3) is 0 Å². The van der Waals surface area contributed by atoms with Crippen LogP contribution < -0.4 is 5.73 Å². The van der Waals surface area contributed by atoms with Crippen LogP contribution in [-0.2, 0) is 0 Å². The fourth-order valence-corrected chi connectivity index (χ4v) is 2.04. The molecule has 0 radical (unpaired) electrons. The first-order valence-electron chi connectivity index (χ1n) is 6.43. The number of aliphatic hydroxyl groups excluding tert-OH is 1. The molecule has 1 aromatic carbocycles. The van der Waals surface area contributed by atoms with Crippen LogP contribution in [0.5, 0.6) is 0 Å². The molecule has 0 spiro atoms. The summed E-state index contributed by atoms with van der Waals surface area (Å²) >= 11 is 0. The standard InChI is InChI=1S/C14H24N2O/c1-3-8-16(9-4-2)11-14(17)12-6-5-7-13(15)10-12/h5-7,10,14,17H,3-4,8-9,11,15H2,1-2H3. The van der Waals surface area contributed by atoms with Gasteiger partial charge in [0.05, 0.1) is 6.10 Å². The topological polar surface area (TPSA) is 49.5 Å². The maximum Gasteiger partial charge on any atom is 0.0917 e. The number of rotatable bonds is 7. The molecule has 1 rings (SSSR count). The Hall–Kier alpha value is -1.06. The van der Waals surface area contributed by atoms with Crippen molar-refractivity contribution in [2.24, 2.45) is 0 Å². The Morgan fingerprint density at radius 2 is 1.88 bits per heavy atom. The quantitative estimate of drug-likeness (QED) is 0.715. The molecule has 0 aliphatic heterocycles. The largest absolute Gasteiger partial charge is 0.399 e. The van der Waals surface area contributed by atoms with Gasteiger partial charge in [-0.1, -0.05) is 26.0 Å². The Morgan fingerprint density at radius 1 is 1.24 bits per heavy atom. The molecule has 3 N–H and O–H groups in total. The predicted molar refractivity (Wildman–Crippen MR) is 72.8 cm³/mol. The number of hydrogen-bond acceptors (Lipinski definition) is 3. The molecule has 0 aliphatic carbocycles. The number of hydrogen-bond donors (Lipinski definition) is 2. The van der Waals surface area contributed by atoms with Crippen LogP contribution in [0.15, 0.2) is 24.3 Å². The van der Waals surface area contributed by atoms with Crippen LogP contribution in [0.2, 0.25) is 0 Å². The van der Waals surface area contributed by atoms with Gasteiger partial charge in [-0.25, -0.2) is 0 Å². The molecular formula is C14H24N2O. The van der Waals surface area contributed by atoms with Crippen LogP contribution in [0.3, 0.4) is 0 Å². The van der Waals surface area contributed by atoms with Gasteiger partial charge in [-0.15, -0.1) is 0 Å². The molecule has 0 bridgehead atoms. The average Bonchev–Trinajstić information content (AvgIpc) is 2.29. The number of aliphatic hydroxyl groups is 1. The number of anilines is 1. The molecule has 17 heavy (non-hydrogen) atoms. The summed E-state index contributed by atoms with van der Waals surface area (Å²) in [6.07, 6.45) is 1.78. The van der Waals surface area contributed by atoms with Crippen molar-refractivity contribution in [3.05, 3.63) is 29.8 Å². The molecule has 1 unspecified atom stereocenters. The van der Waals surface area contributed by atoms with Gasteiger partial charge in [0.15, 0.2) is 0 Å². The molecular weight excluding hydrogens is 212 g/mol. The average molecular weight is 236 g/mol. The Balaban J connectivity index is 2.59. The van der Waals surface area contributed by atoms with Crippen molar-refractivity contribution in [3.8, 4) is 0 Å². The third kappa shape index (κ3) is 4.75. The first kappa shape index (κ1) is 14.0. The van der Waals surface area contributed by atoms with Crippen molar-refractivity contribution < 1.29 is 5.11 Å². The highest BCUT2D eigenvalue weighted by molar-refractivity contribution is 5.41. The van der Waals surface area contributed by atoms with Gasteiger partial charge in [-0.3, -0.25) is 0 Å². The number of nitrogens with zero attached hydrogens (tertiary/aromatic N) is 1. The summed E-state index contributed by atoms with van der Waals surface area (Å²) in [6, 6.07) is 7.50. The van der Waals surface area contributed by atoms with Crippen LogP contribution in [0, 0.1) is 0 Å². The molecule has 0 aromatic heterocycles. The number of nitrogen functional groups attached to an aromatic ring is 1. The zero-order valence-electron chi connectivity index (χ0n) is 10.9. The van der Waals surface area contributed by atoms with E-state index >= 15 is 0 Å². The van der Waals surface area contributed by atoms with Crippen molar-refractivity contribution in [2.75, 3.05) is 25.4 Å². The monoisotopic (exact) mass is 236 g/mol. The number of nitrogens with two attached hydrogens (primary N) is 1. The van der Waals surface area contributed by atoms with E-state index < -0.39 is 6.10 Å². The molecule has 0 heterocycles. The summed E-state index contributed by atoms with van der Waals surface area (Å²) in [5, 5.41) is 10.2. The summed E-state index contributed by atoms with van der Waals surface area (Å²) in [6.45, 7) is 7.08. The van der Waals surface area contributed by atoms with E-state index in [0.29, 0.717) is 12.2 Å². The van der Waals surface area contributed by atoms with E-state index in [-0.39, 0.29) is 0 Å². The lowest BCUT2D eigenvalue weighted by Crippen LogP contribution is -2.30. The third-order valence-electron chi connectivity index (χ3n) is 2.81. The second kappa shape index (κ2) is 7.30. The molecule has 0 saturated heterocycles. The van der Waals surface area contributed by atoms with Crippen molar-refractivity contribution in [1.82, 2.24) is 4.90 Å². The molecule has 3 nitrogen and oxygen atoms in total. The van der Waals surface area contributed by atoms with Crippen LogP contribution in [0.4, 0.5) is 5.69 Å². The molecule has 3 heteroatoms. The summed E-state index contributed by atoms with van der Waals surface area (Å²) in [5.41, 5.74) is 7.33.